The lowest BCUT2D eigenvalue weighted by Crippen LogP contribution is -2.55. The van der Waals surface area contributed by atoms with E-state index in [-0.39, 0.29) is 5.54 Å². The average molecular weight is 352 g/mol. The van der Waals surface area contributed by atoms with Crippen molar-refractivity contribution < 1.29 is 9.90 Å². The number of rotatable bonds is 5. The Balaban J connectivity index is 1.61. The van der Waals surface area contributed by atoms with Gasteiger partial charge in [-0.25, -0.2) is 4.79 Å². The molecule has 0 atom stereocenters. The number of benzene rings is 2. The molecule has 1 heterocycles. The number of amides is 1. The first-order valence-corrected chi connectivity index (χ1v) is 9.33. The number of hydrogen-bond acceptors (Lipinski definition) is 2. The van der Waals surface area contributed by atoms with E-state index in [9.17, 15) is 4.79 Å². The Hall–Kier alpha value is -2.33. The monoisotopic (exact) mass is 352 g/mol. The number of carboxylic acid groups (broad SMARTS) is 1. The minimum Gasteiger partial charge on any atom is -0.465 e. The van der Waals surface area contributed by atoms with Gasteiger partial charge in [-0.15, -0.1) is 0 Å². The van der Waals surface area contributed by atoms with Crippen LogP contribution < -0.4 is 0 Å². The van der Waals surface area contributed by atoms with Gasteiger partial charge in [-0.05, 0) is 43.4 Å². The van der Waals surface area contributed by atoms with Crippen molar-refractivity contribution in [1.82, 2.24) is 9.80 Å². The van der Waals surface area contributed by atoms with Crippen LogP contribution >= 0.6 is 0 Å². The summed E-state index contributed by atoms with van der Waals surface area (Å²) in [4.78, 5) is 15.0. The van der Waals surface area contributed by atoms with E-state index < -0.39 is 6.09 Å². The molecule has 0 unspecified atom stereocenters. The second-order valence-electron chi connectivity index (χ2n) is 7.64. The molecule has 0 aromatic heterocycles. The van der Waals surface area contributed by atoms with Crippen molar-refractivity contribution in [2.75, 3.05) is 26.2 Å². The summed E-state index contributed by atoms with van der Waals surface area (Å²) in [6.45, 7) is 7.35. The smallest absolute Gasteiger partial charge is 0.407 e. The molecule has 0 aliphatic carbocycles. The SMILES string of the molecule is CC(C)(CCc1cccc(-c2ccccc2)c1)N1CCN(C(=O)O)CC1. The highest BCUT2D eigenvalue weighted by Crippen LogP contribution is 2.25. The highest BCUT2D eigenvalue weighted by molar-refractivity contribution is 5.65. The first-order chi connectivity index (χ1) is 12.5. The lowest BCUT2D eigenvalue weighted by molar-refractivity contribution is 0.0473. The molecule has 138 valence electrons. The highest BCUT2D eigenvalue weighted by Gasteiger charge is 2.30. The average Bonchev–Trinajstić information content (AvgIpc) is 2.67. The van der Waals surface area contributed by atoms with E-state index in [1.54, 1.807) is 0 Å². The zero-order valence-electron chi connectivity index (χ0n) is 15.7. The van der Waals surface area contributed by atoms with Gasteiger partial charge < -0.3 is 10.0 Å². The molecule has 0 bridgehead atoms. The summed E-state index contributed by atoms with van der Waals surface area (Å²) in [5.41, 5.74) is 3.92. The van der Waals surface area contributed by atoms with Crippen LogP contribution in [-0.2, 0) is 6.42 Å². The van der Waals surface area contributed by atoms with Crippen molar-refractivity contribution >= 4 is 6.09 Å². The van der Waals surface area contributed by atoms with Crippen molar-refractivity contribution in [2.24, 2.45) is 0 Å². The predicted molar refractivity (Wildman–Crippen MR) is 105 cm³/mol. The maximum atomic E-state index is 11.1. The van der Waals surface area contributed by atoms with E-state index in [2.05, 4.69) is 67.3 Å². The first-order valence-electron chi connectivity index (χ1n) is 9.33. The molecule has 1 aliphatic heterocycles. The number of aryl methyl sites for hydroxylation is 1. The van der Waals surface area contributed by atoms with Crippen molar-refractivity contribution in [1.29, 1.82) is 0 Å². The predicted octanol–water partition coefficient (Wildman–Crippen LogP) is 4.36. The molecule has 2 aromatic rings. The van der Waals surface area contributed by atoms with Crippen molar-refractivity contribution in [3.05, 3.63) is 60.2 Å². The lowest BCUT2D eigenvalue weighted by Gasteiger charge is -2.43. The maximum Gasteiger partial charge on any atom is 0.407 e. The number of nitrogens with zero attached hydrogens (tertiary/aromatic N) is 2. The fourth-order valence-corrected chi connectivity index (χ4v) is 3.65. The van der Waals surface area contributed by atoms with Gasteiger partial charge in [0.25, 0.3) is 0 Å². The van der Waals surface area contributed by atoms with Gasteiger partial charge in [0, 0.05) is 31.7 Å². The minimum atomic E-state index is -0.805. The second-order valence-corrected chi connectivity index (χ2v) is 7.64. The topological polar surface area (TPSA) is 43.8 Å². The first kappa shape index (κ1) is 18.5. The second kappa shape index (κ2) is 7.92. The van der Waals surface area contributed by atoms with Crippen LogP contribution in [0.15, 0.2) is 54.6 Å². The lowest BCUT2D eigenvalue weighted by atomic mass is 9.91. The molecule has 0 radical (unpaired) electrons. The number of carbonyl (C=O) groups is 1. The molecule has 1 N–H and O–H groups in total. The fourth-order valence-electron chi connectivity index (χ4n) is 3.65. The fraction of sp³-hybridized carbons (Fsp3) is 0.409. The quantitative estimate of drug-likeness (QED) is 0.869. The molecule has 26 heavy (non-hydrogen) atoms. The molecule has 2 aromatic carbocycles. The van der Waals surface area contributed by atoms with Crippen molar-refractivity contribution in [2.45, 2.75) is 32.2 Å². The molecule has 1 fully saturated rings. The van der Waals surface area contributed by atoms with Crippen LogP contribution in [0.1, 0.15) is 25.8 Å². The van der Waals surface area contributed by atoms with Gasteiger partial charge in [0.2, 0.25) is 0 Å². The van der Waals surface area contributed by atoms with E-state index >= 15 is 0 Å². The van der Waals surface area contributed by atoms with Crippen molar-refractivity contribution in [3.8, 4) is 11.1 Å². The molecule has 4 heteroatoms. The molecular formula is C22H28N2O2. The van der Waals surface area contributed by atoms with Gasteiger partial charge >= 0.3 is 6.09 Å². The third-order valence-corrected chi connectivity index (χ3v) is 5.47. The molecule has 1 saturated heterocycles. The van der Waals surface area contributed by atoms with Crippen LogP contribution in [0.4, 0.5) is 4.79 Å². The van der Waals surface area contributed by atoms with E-state index in [0.717, 1.165) is 25.9 Å². The van der Waals surface area contributed by atoms with Crippen LogP contribution in [0, 0.1) is 0 Å². The van der Waals surface area contributed by atoms with E-state index in [1.165, 1.54) is 21.6 Å². The van der Waals surface area contributed by atoms with Gasteiger partial charge in [-0.2, -0.15) is 0 Å². The molecule has 1 amide bonds. The van der Waals surface area contributed by atoms with Crippen LogP contribution in [0.25, 0.3) is 11.1 Å². The van der Waals surface area contributed by atoms with Gasteiger partial charge in [-0.1, -0.05) is 54.6 Å². The summed E-state index contributed by atoms with van der Waals surface area (Å²) in [5.74, 6) is 0. The Morgan fingerprint density at radius 2 is 1.62 bits per heavy atom. The molecule has 0 spiro atoms. The third kappa shape index (κ3) is 4.44. The van der Waals surface area contributed by atoms with Crippen molar-refractivity contribution in [3.63, 3.8) is 0 Å². The van der Waals surface area contributed by atoms with Gasteiger partial charge in [0.1, 0.15) is 0 Å². The van der Waals surface area contributed by atoms with Gasteiger partial charge in [0.15, 0.2) is 0 Å². The van der Waals surface area contributed by atoms with E-state index in [1.807, 2.05) is 6.07 Å². The zero-order chi connectivity index (χ0) is 18.6. The minimum absolute atomic E-state index is 0.0628. The largest absolute Gasteiger partial charge is 0.465 e. The number of piperazine rings is 1. The van der Waals surface area contributed by atoms with Crippen LogP contribution in [0.5, 0.6) is 0 Å². The Kier molecular flexibility index (Phi) is 5.62. The number of hydrogen-bond donors (Lipinski definition) is 1. The standard InChI is InChI=1S/C22H28N2O2/c1-22(2,24-15-13-23(14-16-24)21(25)26)12-11-18-7-6-10-20(17-18)19-8-4-3-5-9-19/h3-10,17H,11-16H2,1-2H3,(H,25,26). The van der Waals surface area contributed by atoms with E-state index in [0.29, 0.717) is 13.1 Å². The van der Waals surface area contributed by atoms with Gasteiger partial charge in [0.05, 0.1) is 0 Å². The molecule has 3 rings (SSSR count). The summed E-state index contributed by atoms with van der Waals surface area (Å²) in [7, 11) is 0. The molecule has 0 saturated carbocycles. The van der Waals surface area contributed by atoms with Gasteiger partial charge in [-0.3, -0.25) is 4.90 Å². The van der Waals surface area contributed by atoms with Crippen LogP contribution in [0.2, 0.25) is 0 Å². The maximum absolute atomic E-state index is 11.1. The molecule has 4 nitrogen and oxygen atoms in total. The van der Waals surface area contributed by atoms with Crippen LogP contribution in [0.3, 0.4) is 0 Å². The summed E-state index contributed by atoms with van der Waals surface area (Å²) in [6.07, 6.45) is 1.27. The summed E-state index contributed by atoms with van der Waals surface area (Å²) >= 11 is 0. The third-order valence-electron chi connectivity index (χ3n) is 5.47. The summed E-state index contributed by atoms with van der Waals surface area (Å²) < 4.78 is 0. The Labute approximate surface area is 156 Å². The normalized spacial score (nSPS) is 15.8. The zero-order valence-corrected chi connectivity index (χ0v) is 15.7. The van der Waals surface area contributed by atoms with Crippen LogP contribution in [-0.4, -0.2) is 52.7 Å². The Morgan fingerprint density at radius 1 is 0.962 bits per heavy atom. The Morgan fingerprint density at radius 3 is 2.27 bits per heavy atom. The Bertz CT molecular complexity index is 735. The highest BCUT2D eigenvalue weighted by atomic mass is 16.4. The summed E-state index contributed by atoms with van der Waals surface area (Å²) in [6, 6.07) is 19.3. The molecular weight excluding hydrogens is 324 g/mol. The molecule has 1 aliphatic rings. The summed E-state index contributed by atoms with van der Waals surface area (Å²) in [5, 5.41) is 9.11. The van der Waals surface area contributed by atoms with E-state index in [4.69, 9.17) is 5.11 Å².